The molecule has 0 bridgehead atoms. The highest BCUT2D eigenvalue weighted by Gasteiger charge is 1.92. The lowest BCUT2D eigenvalue weighted by Gasteiger charge is -2.00. The Morgan fingerprint density at radius 2 is 1.52 bits per heavy atom. The second kappa shape index (κ2) is 12.7. The van der Waals surface area contributed by atoms with E-state index in [-0.39, 0.29) is 0 Å². The molecule has 1 aromatic carbocycles. The van der Waals surface area contributed by atoms with Crippen molar-refractivity contribution in [1.29, 1.82) is 0 Å². The van der Waals surface area contributed by atoms with Crippen molar-refractivity contribution in [3.63, 3.8) is 0 Å². The summed E-state index contributed by atoms with van der Waals surface area (Å²) in [6, 6.07) is 12.1. The van der Waals surface area contributed by atoms with Gasteiger partial charge in [0.1, 0.15) is 0 Å². The third-order valence-corrected chi connectivity index (χ3v) is 3.83. The number of hydrogen-bond acceptors (Lipinski definition) is 2. The van der Waals surface area contributed by atoms with Gasteiger partial charge in [0.05, 0.1) is 11.3 Å². The third-order valence-electron chi connectivity index (χ3n) is 3.83. The van der Waals surface area contributed by atoms with Crippen molar-refractivity contribution in [2.24, 2.45) is 0 Å². The zero-order chi connectivity index (χ0) is 16.8. The van der Waals surface area contributed by atoms with Crippen LogP contribution in [0.4, 0.5) is 0 Å². The molecular formula is C21H31NO. The zero-order valence-corrected chi connectivity index (χ0v) is 14.5. The summed E-state index contributed by atoms with van der Waals surface area (Å²) < 4.78 is 0. The fourth-order valence-electron chi connectivity index (χ4n) is 2.48. The van der Waals surface area contributed by atoms with Crippen molar-refractivity contribution < 1.29 is 5.11 Å². The summed E-state index contributed by atoms with van der Waals surface area (Å²) in [5.74, 6) is 0.339. The van der Waals surface area contributed by atoms with Crippen molar-refractivity contribution in [3.05, 3.63) is 54.9 Å². The molecule has 0 amide bonds. The van der Waals surface area contributed by atoms with Crippen molar-refractivity contribution in [2.75, 3.05) is 0 Å². The SMILES string of the molecule is C=C(O)CCCCCCCCCC.c1ccc2ncccc2c1. The first-order chi connectivity index (χ1) is 11.2. The Kier molecular flexibility index (Phi) is 10.6. The van der Waals surface area contributed by atoms with Gasteiger partial charge in [-0.15, -0.1) is 0 Å². The number of nitrogens with zero attached hydrogens (tertiary/aromatic N) is 1. The van der Waals surface area contributed by atoms with Gasteiger partial charge in [-0.05, 0) is 18.6 Å². The highest BCUT2D eigenvalue weighted by atomic mass is 16.3. The van der Waals surface area contributed by atoms with Crippen molar-refractivity contribution in [3.8, 4) is 0 Å². The maximum Gasteiger partial charge on any atom is 0.0851 e. The van der Waals surface area contributed by atoms with Crippen LogP contribution in [0.1, 0.15) is 64.7 Å². The molecule has 1 N–H and O–H groups in total. The van der Waals surface area contributed by atoms with Gasteiger partial charge in [-0.3, -0.25) is 4.98 Å². The molecule has 126 valence electrons. The lowest BCUT2D eigenvalue weighted by atomic mass is 10.1. The summed E-state index contributed by atoms with van der Waals surface area (Å²) in [6.45, 7) is 5.71. The number of para-hydroxylation sites is 1. The third kappa shape index (κ3) is 9.72. The van der Waals surface area contributed by atoms with Gasteiger partial charge in [-0.25, -0.2) is 0 Å². The van der Waals surface area contributed by atoms with E-state index >= 15 is 0 Å². The van der Waals surface area contributed by atoms with Crippen molar-refractivity contribution >= 4 is 10.9 Å². The molecule has 2 rings (SSSR count). The predicted molar refractivity (Wildman–Crippen MR) is 101 cm³/mol. The molecule has 0 unspecified atom stereocenters. The number of aliphatic hydroxyl groups is 1. The van der Waals surface area contributed by atoms with E-state index in [0.29, 0.717) is 5.76 Å². The Labute approximate surface area is 141 Å². The van der Waals surface area contributed by atoms with Crippen LogP contribution in [0, 0.1) is 0 Å². The van der Waals surface area contributed by atoms with Crippen LogP contribution < -0.4 is 0 Å². The monoisotopic (exact) mass is 313 g/mol. The number of allylic oxidation sites excluding steroid dienone is 1. The first-order valence-electron chi connectivity index (χ1n) is 8.90. The predicted octanol–water partition coefficient (Wildman–Crippen LogP) is 6.82. The van der Waals surface area contributed by atoms with Gasteiger partial charge in [0.2, 0.25) is 0 Å². The van der Waals surface area contributed by atoms with E-state index in [1.54, 1.807) is 0 Å². The van der Waals surface area contributed by atoms with Crippen LogP contribution >= 0.6 is 0 Å². The summed E-state index contributed by atoms with van der Waals surface area (Å²) in [4.78, 5) is 4.18. The molecule has 0 fully saturated rings. The highest BCUT2D eigenvalue weighted by Crippen LogP contribution is 2.10. The minimum absolute atomic E-state index is 0.339. The molecule has 2 nitrogen and oxygen atoms in total. The second-order valence-corrected chi connectivity index (χ2v) is 5.99. The Hall–Kier alpha value is -1.83. The van der Waals surface area contributed by atoms with Crippen LogP contribution in [0.2, 0.25) is 0 Å². The molecule has 0 spiro atoms. The Morgan fingerprint density at radius 1 is 0.913 bits per heavy atom. The minimum atomic E-state index is 0.339. The molecule has 2 aromatic rings. The van der Waals surface area contributed by atoms with Gasteiger partial charge >= 0.3 is 0 Å². The van der Waals surface area contributed by atoms with E-state index in [2.05, 4.69) is 30.6 Å². The molecule has 0 radical (unpaired) electrons. The van der Waals surface area contributed by atoms with Gasteiger partial charge in [-0.1, -0.05) is 82.7 Å². The Morgan fingerprint density at radius 3 is 2.17 bits per heavy atom. The smallest absolute Gasteiger partial charge is 0.0851 e. The number of hydrogen-bond donors (Lipinski definition) is 1. The number of aliphatic hydroxyl groups excluding tert-OH is 1. The minimum Gasteiger partial charge on any atom is -0.513 e. The molecule has 0 aliphatic rings. The molecule has 0 aliphatic heterocycles. The Balaban J connectivity index is 0.000000235. The van der Waals surface area contributed by atoms with E-state index in [1.807, 2.05) is 30.5 Å². The molecule has 1 heterocycles. The van der Waals surface area contributed by atoms with E-state index in [0.717, 1.165) is 18.4 Å². The van der Waals surface area contributed by atoms with Gasteiger partial charge in [0, 0.05) is 18.0 Å². The van der Waals surface area contributed by atoms with Gasteiger partial charge in [0.15, 0.2) is 0 Å². The zero-order valence-electron chi connectivity index (χ0n) is 14.5. The summed E-state index contributed by atoms with van der Waals surface area (Å²) in [5, 5.41) is 10.0. The number of fused-ring (bicyclic) bond motifs is 1. The largest absolute Gasteiger partial charge is 0.513 e. The van der Waals surface area contributed by atoms with Crippen LogP contribution in [0.3, 0.4) is 0 Å². The van der Waals surface area contributed by atoms with Crippen LogP contribution in [0.5, 0.6) is 0 Å². The van der Waals surface area contributed by atoms with Crippen molar-refractivity contribution in [1.82, 2.24) is 4.98 Å². The maximum absolute atomic E-state index is 8.83. The molecule has 0 saturated heterocycles. The van der Waals surface area contributed by atoms with E-state index in [1.165, 1.54) is 50.3 Å². The van der Waals surface area contributed by atoms with E-state index in [9.17, 15) is 0 Å². The molecular weight excluding hydrogens is 282 g/mol. The summed E-state index contributed by atoms with van der Waals surface area (Å²) in [5.41, 5.74) is 1.06. The molecule has 1 aromatic heterocycles. The fourth-order valence-corrected chi connectivity index (χ4v) is 2.48. The quantitative estimate of drug-likeness (QED) is 0.407. The van der Waals surface area contributed by atoms with Crippen LogP contribution in [0.15, 0.2) is 54.9 Å². The van der Waals surface area contributed by atoms with Gasteiger partial charge in [0.25, 0.3) is 0 Å². The average molecular weight is 313 g/mol. The van der Waals surface area contributed by atoms with Crippen molar-refractivity contribution in [2.45, 2.75) is 64.7 Å². The standard InChI is InChI=1S/C12H24O.C9H7N/c1-3-4-5-6-7-8-9-10-11-12(2)13;1-2-6-9-8(4-1)5-3-7-10-9/h13H,2-11H2,1H3;1-7H. The number of pyridine rings is 1. The van der Waals surface area contributed by atoms with Crippen LogP contribution in [0.25, 0.3) is 10.9 Å². The first kappa shape index (κ1) is 19.2. The summed E-state index contributed by atoms with van der Waals surface area (Å²) >= 11 is 0. The molecule has 0 saturated carbocycles. The number of aromatic nitrogens is 1. The van der Waals surface area contributed by atoms with E-state index < -0.39 is 0 Å². The highest BCUT2D eigenvalue weighted by molar-refractivity contribution is 5.77. The molecule has 23 heavy (non-hydrogen) atoms. The average Bonchev–Trinajstić information content (AvgIpc) is 2.58. The summed E-state index contributed by atoms with van der Waals surface area (Å²) in [6.07, 6.45) is 13.1. The molecule has 0 aliphatic carbocycles. The normalized spacial score (nSPS) is 10.1. The van der Waals surface area contributed by atoms with Crippen LogP contribution in [-0.4, -0.2) is 10.1 Å². The van der Waals surface area contributed by atoms with Gasteiger partial charge in [-0.2, -0.15) is 0 Å². The first-order valence-corrected chi connectivity index (χ1v) is 8.90. The molecule has 2 heteroatoms. The fraction of sp³-hybridized carbons (Fsp3) is 0.476. The second-order valence-electron chi connectivity index (χ2n) is 5.99. The van der Waals surface area contributed by atoms with E-state index in [4.69, 9.17) is 5.11 Å². The molecule has 0 atom stereocenters. The topological polar surface area (TPSA) is 33.1 Å². The van der Waals surface area contributed by atoms with Gasteiger partial charge < -0.3 is 5.11 Å². The maximum atomic E-state index is 8.83. The number of unbranched alkanes of at least 4 members (excludes halogenated alkanes) is 7. The van der Waals surface area contributed by atoms with Crippen LogP contribution in [-0.2, 0) is 0 Å². The number of benzene rings is 1. The lowest BCUT2D eigenvalue weighted by Crippen LogP contribution is -1.82. The number of rotatable bonds is 9. The summed E-state index contributed by atoms with van der Waals surface area (Å²) in [7, 11) is 0. The lowest BCUT2D eigenvalue weighted by molar-refractivity contribution is 0.383. The Bertz CT molecular complexity index is 485.